The lowest BCUT2D eigenvalue weighted by atomic mass is 10.1. The van der Waals surface area contributed by atoms with Crippen LogP contribution < -0.4 is 10.1 Å². The number of hydrogen-bond donors (Lipinski definition) is 1. The van der Waals surface area contributed by atoms with E-state index in [4.69, 9.17) is 17.0 Å². The Kier molecular flexibility index (Phi) is 6.58. The van der Waals surface area contributed by atoms with E-state index in [1.165, 1.54) is 4.90 Å². The number of halogens is 1. The van der Waals surface area contributed by atoms with E-state index in [1.807, 2.05) is 42.5 Å². The standard InChI is InChI=1S/C21H17IN2O3S/c1-2-10-24-20(26)16(19(25)23-21(24)28)11-15-8-9-18(17(22)12-15)27-13-14-6-4-3-5-7-14/h2-9,11-12H,1,10,13H2,(H,23,25,28)/b16-11+. The van der Waals surface area contributed by atoms with Gasteiger partial charge in [0.15, 0.2) is 5.11 Å². The number of benzene rings is 2. The molecule has 0 bridgehead atoms. The summed E-state index contributed by atoms with van der Waals surface area (Å²) in [5, 5.41) is 2.62. The zero-order valence-electron chi connectivity index (χ0n) is 14.9. The van der Waals surface area contributed by atoms with Gasteiger partial charge in [0, 0.05) is 6.54 Å². The first-order valence-corrected chi connectivity index (χ1v) is 9.94. The highest BCUT2D eigenvalue weighted by molar-refractivity contribution is 14.1. The van der Waals surface area contributed by atoms with Crippen molar-refractivity contribution in [3.63, 3.8) is 0 Å². The normalized spacial score (nSPS) is 15.5. The molecule has 0 radical (unpaired) electrons. The molecule has 0 aromatic heterocycles. The van der Waals surface area contributed by atoms with E-state index in [2.05, 4.69) is 34.5 Å². The first-order valence-electron chi connectivity index (χ1n) is 8.45. The lowest BCUT2D eigenvalue weighted by Gasteiger charge is -2.27. The second-order valence-electron chi connectivity index (χ2n) is 5.99. The fourth-order valence-electron chi connectivity index (χ4n) is 2.61. The van der Waals surface area contributed by atoms with Crippen molar-refractivity contribution >= 4 is 57.8 Å². The van der Waals surface area contributed by atoms with Gasteiger partial charge in [-0.25, -0.2) is 0 Å². The number of nitrogens with zero attached hydrogens (tertiary/aromatic N) is 1. The molecule has 1 fully saturated rings. The molecule has 7 heteroatoms. The largest absolute Gasteiger partial charge is 0.488 e. The number of carbonyl (C=O) groups is 2. The summed E-state index contributed by atoms with van der Waals surface area (Å²) in [6, 6.07) is 15.4. The molecule has 1 N–H and O–H groups in total. The van der Waals surface area contributed by atoms with E-state index in [0.717, 1.165) is 20.4 Å². The minimum Gasteiger partial charge on any atom is -0.488 e. The van der Waals surface area contributed by atoms with Crippen LogP contribution in [-0.2, 0) is 16.2 Å². The Morgan fingerprint density at radius 2 is 1.93 bits per heavy atom. The first-order chi connectivity index (χ1) is 13.5. The number of amides is 2. The molecule has 0 atom stereocenters. The summed E-state index contributed by atoms with van der Waals surface area (Å²) < 4.78 is 6.74. The minimum atomic E-state index is -0.505. The summed E-state index contributed by atoms with van der Waals surface area (Å²) in [7, 11) is 0. The van der Waals surface area contributed by atoms with Crippen LogP contribution >= 0.6 is 34.8 Å². The fraction of sp³-hybridized carbons (Fsp3) is 0.0952. The molecule has 28 heavy (non-hydrogen) atoms. The van der Waals surface area contributed by atoms with Gasteiger partial charge < -0.3 is 4.74 Å². The van der Waals surface area contributed by atoms with E-state index >= 15 is 0 Å². The van der Waals surface area contributed by atoms with Gasteiger partial charge in [-0.05, 0) is 64.1 Å². The molecule has 142 valence electrons. The third-order valence-corrected chi connectivity index (χ3v) is 5.17. The van der Waals surface area contributed by atoms with E-state index in [9.17, 15) is 9.59 Å². The zero-order valence-corrected chi connectivity index (χ0v) is 17.8. The van der Waals surface area contributed by atoms with Gasteiger partial charge in [-0.2, -0.15) is 0 Å². The average molecular weight is 504 g/mol. The van der Waals surface area contributed by atoms with Crippen molar-refractivity contribution in [2.45, 2.75) is 6.61 Å². The van der Waals surface area contributed by atoms with Crippen LogP contribution in [0.3, 0.4) is 0 Å². The fourth-order valence-corrected chi connectivity index (χ4v) is 3.56. The van der Waals surface area contributed by atoms with Gasteiger partial charge in [0.1, 0.15) is 17.9 Å². The minimum absolute atomic E-state index is 0.0317. The molecule has 1 saturated heterocycles. The number of ether oxygens (including phenoxy) is 1. The summed E-state index contributed by atoms with van der Waals surface area (Å²) in [4.78, 5) is 26.1. The lowest BCUT2D eigenvalue weighted by molar-refractivity contribution is -0.128. The van der Waals surface area contributed by atoms with Crippen molar-refractivity contribution in [2.24, 2.45) is 0 Å². The summed E-state index contributed by atoms with van der Waals surface area (Å²) in [6.45, 7) is 4.31. The number of thiocarbonyl (C=S) groups is 1. The average Bonchev–Trinajstić information content (AvgIpc) is 2.68. The third kappa shape index (κ3) is 4.66. The summed E-state index contributed by atoms with van der Waals surface area (Å²) in [5.41, 5.74) is 1.83. The van der Waals surface area contributed by atoms with E-state index in [1.54, 1.807) is 18.2 Å². The van der Waals surface area contributed by atoms with Crippen LogP contribution in [0.15, 0.2) is 66.8 Å². The predicted molar refractivity (Wildman–Crippen MR) is 121 cm³/mol. The highest BCUT2D eigenvalue weighted by Gasteiger charge is 2.32. The summed E-state index contributed by atoms with van der Waals surface area (Å²) in [5.74, 6) is -0.205. The van der Waals surface area contributed by atoms with Crippen molar-refractivity contribution in [1.29, 1.82) is 0 Å². The Morgan fingerprint density at radius 3 is 2.61 bits per heavy atom. The molecule has 0 aliphatic carbocycles. The Hall–Kier alpha value is -2.52. The molecule has 1 heterocycles. The maximum Gasteiger partial charge on any atom is 0.265 e. The zero-order chi connectivity index (χ0) is 20.1. The molecule has 0 unspecified atom stereocenters. The second kappa shape index (κ2) is 9.11. The van der Waals surface area contributed by atoms with Crippen LogP contribution in [0, 0.1) is 3.57 Å². The van der Waals surface area contributed by atoms with E-state index in [0.29, 0.717) is 6.61 Å². The van der Waals surface area contributed by atoms with E-state index in [-0.39, 0.29) is 17.2 Å². The Morgan fingerprint density at radius 1 is 1.18 bits per heavy atom. The smallest absolute Gasteiger partial charge is 0.265 e. The van der Waals surface area contributed by atoms with Gasteiger partial charge >= 0.3 is 0 Å². The monoisotopic (exact) mass is 504 g/mol. The topological polar surface area (TPSA) is 58.6 Å². The highest BCUT2D eigenvalue weighted by Crippen LogP contribution is 2.25. The van der Waals surface area contributed by atoms with Crippen molar-refractivity contribution < 1.29 is 14.3 Å². The van der Waals surface area contributed by atoms with Crippen LogP contribution in [0.25, 0.3) is 6.08 Å². The number of hydrogen-bond acceptors (Lipinski definition) is 4. The Bertz CT molecular complexity index is 973. The number of nitrogens with one attached hydrogen (secondary N) is 1. The SMILES string of the molecule is C=CCN1C(=O)/C(=C/c2ccc(OCc3ccccc3)c(I)c2)C(=O)NC1=S. The van der Waals surface area contributed by atoms with Crippen LogP contribution in [0.2, 0.25) is 0 Å². The molecule has 0 spiro atoms. The Labute approximate surface area is 182 Å². The van der Waals surface area contributed by atoms with E-state index < -0.39 is 11.8 Å². The first kappa shape index (κ1) is 20.2. The molecule has 5 nitrogen and oxygen atoms in total. The lowest BCUT2D eigenvalue weighted by Crippen LogP contribution is -2.53. The summed E-state index contributed by atoms with van der Waals surface area (Å²) in [6.07, 6.45) is 3.11. The van der Waals surface area contributed by atoms with Crippen molar-refractivity contribution in [1.82, 2.24) is 10.2 Å². The molecular formula is C21H17IN2O3S. The van der Waals surface area contributed by atoms with Crippen LogP contribution in [0.5, 0.6) is 5.75 Å². The molecule has 3 rings (SSSR count). The van der Waals surface area contributed by atoms with Gasteiger partial charge in [0.05, 0.1) is 3.57 Å². The van der Waals surface area contributed by atoms with Crippen LogP contribution in [-0.4, -0.2) is 28.4 Å². The quantitative estimate of drug-likeness (QED) is 0.215. The second-order valence-corrected chi connectivity index (χ2v) is 7.53. The number of carbonyl (C=O) groups excluding carboxylic acids is 2. The van der Waals surface area contributed by atoms with Gasteiger partial charge in [-0.3, -0.25) is 19.8 Å². The molecule has 2 aromatic rings. The van der Waals surface area contributed by atoms with Gasteiger partial charge in [0.25, 0.3) is 11.8 Å². The van der Waals surface area contributed by atoms with Crippen molar-refractivity contribution in [3.05, 3.63) is 81.5 Å². The molecule has 1 aliphatic rings. The Balaban J connectivity index is 1.79. The van der Waals surface area contributed by atoms with Gasteiger partial charge in [-0.1, -0.05) is 42.5 Å². The molecule has 2 amide bonds. The third-order valence-electron chi connectivity index (χ3n) is 4.00. The van der Waals surface area contributed by atoms with Crippen LogP contribution in [0.1, 0.15) is 11.1 Å². The predicted octanol–water partition coefficient (Wildman–Crippen LogP) is 3.68. The maximum absolute atomic E-state index is 12.6. The number of rotatable bonds is 6. The highest BCUT2D eigenvalue weighted by atomic mass is 127. The van der Waals surface area contributed by atoms with Crippen molar-refractivity contribution in [3.8, 4) is 5.75 Å². The summed E-state index contributed by atoms with van der Waals surface area (Å²) >= 11 is 7.22. The van der Waals surface area contributed by atoms with Crippen molar-refractivity contribution in [2.75, 3.05) is 6.54 Å². The van der Waals surface area contributed by atoms with Gasteiger partial charge in [-0.15, -0.1) is 6.58 Å². The molecule has 1 aliphatic heterocycles. The molecular weight excluding hydrogens is 487 g/mol. The molecule has 0 saturated carbocycles. The molecule has 2 aromatic carbocycles. The van der Waals surface area contributed by atoms with Crippen LogP contribution in [0.4, 0.5) is 0 Å². The van der Waals surface area contributed by atoms with Gasteiger partial charge in [0.2, 0.25) is 0 Å². The maximum atomic E-state index is 12.6.